The van der Waals surface area contributed by atoms with Gasteiger partial charge in [-0.15, -0.1) is 11.6 Å². The van der Waals surface area contributed by atoms with Gasteiger partial charge in [0.05, 0.1) is 5.88 Å². The summed E-state index contributed by atoms with van der Waals surface area (Å²) in [5.41, 5.74) is -0.471. The highest BCUT2D eigenvalue weighted by Crippen LogP contribution is 2.37. The molecule has 0 fully saturated rings. The molecule has 4 nitrogen and oxygen atoms in total. The molecule has 2 aromatic rings. The first-order chi connectivity index (χ1) is 12.9. The van der Waals surface area contributed by atoms with Crippen molar-refractivity contribution >= 4 is 11.6 Å². The highest BCUT2D eigenvalue weighted by Gasteiger charge is 2.33. The van der Waals surface area contributed by atoms with E-state index in [9.17, 15) is 18.3 Å². The summed E-state index contributed by atoms with van der Waals surface area (Å²) < 4.78 is 51.9. The Hall–Kier alpha value is -1.96. The first-order valence-corrected chi connectivity index (χ1v) is 8.72. The van der Waals surface area contributed by atoms with Crippen molar-refractivity contribution < 1.29 is 32.9 Å². The molecule has 2 N–H and O–H groups in total. The molecular formula is C19H20ClF3O4. The zero-order chi connectivity index (χ0) is 19.9. The van der Waals surface area contributed by atoms with E-state index in [2.05, 4.69) is 0 Å². The minimum Gasteiger partial charge on any atom is -0.491 e. The molecule has 0 saturated carbocycles. The maximum absolute atomic E-state index is 14.7. The molecule has 0 saturated heterocycles. The molecular weight excluding hydrogens is 385 g/mol. The van der Waals surface area contributed by atoms with Crippen LogP contribution in [-0.4, -0.2) is 48.2 Å². The summed E-state index contributed by atoms with van der Waals surface area (Å²) in [6.45, 7) is -1.23. The number of rotatable bonds is 10. The van der Waals surface area contributed by atoms with Crippen LogP contribution in [0.3, 0.4) is 0 Å². The summed E-state index contributed by atoms with van der Waals surface area (Å²) in [6, 6.07) is 10.3. The Bertz CT molecular complexity index is 636. The Kier molecular flexibility index (Phi) is 7.77. The van der Waals surface area contributed by atoms with Crippen LogP contribution in [-0.2, 0) is 5.92 Å². The molecule has 0 aliphatic rings. The number of halogens is 4. The van der Waals surface area contributed by atoms with Gasteiger partial charge < -0.3 is 19.7 Å². The molecule has 8 heteroatoms. The van der Waals surface area contributed by atoms with Gasteiger partial charge >= 0.3 is 0 Å². The molecule has 0 amide bonds. The van der Waals surface area contributed by atoms with Crippen LogP contribution in [0.2, 0.25) is 0 Å². The van der Waals surface area contributed by atoms with Gasteiger partial charge in [0, 0.05) is 11.1 Å². The average molecular weight is 405 g/mol. The number of aliphatic hydroxyl groups is 2. The van der Waals surface area contributed by atoms with Crippen LogP contribution in [0, 0.1) is 0 Å². The molecule has 0 aliphatic carbocycles. The van der Waals surface area contributed by atoms with E-state index >= 15 is 0 Å². The number of hydrogen-bond acceptors (Lipinski definition) is 4. The lowest BCUT2D eigenvalue weighted by Crippen LogP contribution is -2.19. The number of benzene rings is 2. The van der Waals surface area contributed by atoms with E-state index in [-0.39, 0.29) is 36.0 Å². The molecule has 2 unspecified atom stereocenters. The van der Waals surface area contributed by atoms with Crippen molar-refractivity contribution in [3.63, 3.8) is 0 Å². The van der Waals surface area contributed by atoms with Crippen LogP contribution in [0.15, 0.2) is 48.5 Å². The van der Waals surface area contributed by atoms with Crippen LogP contribution in [0.1, 0.15) is 11.1 Å². The van der Waals surface area contributed by atoms with Gasteiger partial charge in [0.1, 0.15) is 43.6 Å². The summed E-state index contributed by atoms with van der Waals surface area (Å²) in [5, 5.41) is 18.4. The third-order valence-corrected chi connectivity index (χ3v) is 4.03. The van der Waals surface area contributed by atoms with Crippen molar-refractivity contribution in [2.24, 2.45) is 0 Å². The standard InChI is InChI=1S/C19H20ClF3O4/c20-9-15(24)11-26-17-5-1-13(2-6-17)19(22,23)14-3-7-18(8-4-14)27-12-16(25)10-21/h1-8,15-16,24-25H,9-12H2. The second-order valence-corrected chi connectivity index (χ2v) is 6.17. The molecule has 2 rings (SSSR count). The lowest BCUT2D eigenvalue weighted by Gasteiger charge is -2.18. The second kappa shape index (κ2) is 9.82. The topological polar surface area (TPSA) is 58.9 Å². The van der Waals surface area contributed by atoms with E-state index in [4.69, 9.17) is 26.2 Å². The smallest absolute Gasteiger partial charge is 0.298 e. The van der Waals surface area contributed by atoms with Gasteiger partial charge in [-0.3, -0.25) is 0 Å². The molecule has 0 aliphatic heterocycles. The number of aliphatic hydroxyl groups excluding tert-OH is 2. The van der Waals surface area contributed by atoms with Crippen molar-refractivity contribution in [2.75, 3.05) is 25.8 Å². The van der Waals surface area contributed by atoms with Gasteiger partial charge in [-0.25, -0.2) is 4.39 Å². The van der Waals surface area contributed by atoms with E-state index in [0.717, 1.165) is 0 Å². The quantitative estimate of drug-likeness (QED) is 0.595. The Balaban J connectivity index is 2.04. The fourth-order valence-electron chi connectivity index (χ4n) is 2.16. The van der Waals surface area contributed by atoms with E-state index in [1.165, 1.54) is 48.5 Å². The molecule has 0 heterocycles. The summed E-state index contributed by atoms with van der Waals surface area (Å²) in [4.78, 5) is 0. The first-order valence-electron chi connectivity index (χ1n) is 8.19. The lowest BCUT2D eigenvalue weighted by atomic mass is 10.0. The van der Waals surface area contributed by atoms with E-state index < -0.39 is 24.8 Å². The normalized spacial score (nSPS) is 13.9. The molecule has 148 valence electrons. The predicted octanol–water partition coefficient (Wildman–Crippen LogP) is 3.51. The first kappa shape index (κ1) is 21.3. The SMILES string of the molecule is OC(CF)COc1ccc(C(F)(F)c2ccc(OCC(O)CCl)cc2)cc1. The Morgan fingerprint density at radius 1 is 0.815 bits per heavy atom. The Morgan fingerprint density at radius 3 is 1.59 bits per heavy atom. The van der Waals surface area contributed by atoms with Crippen molar-refractivity contribution in [3.8, 4) is 11.5 Å². The van der Waals surface area contributed by atoms with Crippen LogP contribution in [0.4, 0.5) is 13.2 Å². The zero-order valence-electron chi connectivity index (χ0n) is 14.3. The molecule has 0 bridgehead atoms. The van der Waals surface area contributed by atoms with Crippen LogP contribution >= 0.6 is 11.6 Å². The molecule has 2 atom stereocenters. The number of hydrogen-bond donors (Lipinski definition) is 2. The third kappa shape index (κ3) is 6.02. The molecule has 2 aromatic carbocycles. The van der Waals surface area contributed by atoms with E-state index in [0.29, 0.717) is 5.75 Å². The molecule has 27 heavy (non-hydrogen) atoms. The molecule has 0 aromatic heterocycles. The monoisotopic (exact) mass is 404 g/mol. The minimum absolute atomic E-state index is 0.0165. The van der Waals surface area contributed by atoms with Gasteiger partial charge in [-0.2, -0.15) is 8.78 Å². The number of ether oxygens (including phenoxy) is 2. The lowest BCUT2D eigenvalue weighted by molar-refractivity contribution is 0.0425. The second-order valence-electron chi connectivity index (χ2n) is 5.86. The minimum atomic E-state index is -3.24. The fourth-order valence-corrected chi connectivity index (χ4v) is 2.25. The van der Waals surface area contributed by atoms with Crippen LogP contribution in [0.25, 0.3) is 0 Å². The van der Waals surface area contributed by atoms with Crippen molar-refractivity contribution in [3.05, 3.63) is 59.7 Å². The van der Waals surface area contributed by atoms with Gasteiger partial charge in [0.2, 0.25) is 0 Å². The van der Waals surface area contributed by atoms with E-state index in [1.54, 1.807) is 0 Å². The Labute approximate surface area is 160 Å². The van der Waals surface area contributed by atoms with Crippen LogP contribution < -0.4 is 9.47 Å². The fraction of sp³-hybridized carbons (Fsp3) is 0.368. The van der Waals surface area contributed by atoms with Crippen molar-refractivity contribution in [1.29, 1.82) is 0 Å². The van der Waals surface area contributed by atoms with Crippen molar-refractivity contribution in [2.45, 2.75) is 18.1 Å². The Morgan fingerprint density at radius 2 is 1.22 bits per heavy atom. The number of alkyl halides is 4. The summed E-state index contributed by atoms with van der Waals surface area (Å²) >= 11 is 5.46. The zero-order valence-corrected chi connectivity index (χ0v) is 15.1. The molecule has 0 spiro atoms. The van der Waals surface area contributed by atoms with E-state index in [1.807, 2.05) is 0 Å². The van der Waals surface area contributed by atoms with Gasteiger partial charge in [0.25, 0.3) is 5.92 Å². The highest BCUT2D eigenvalue weighted by molar-refractivity contribution is 6.18. The maximum Gasteiger partial charge on any atom is 0.298 e. The summed E-state index contributed by atoms with van der Waals surface area (Å²) in [6.07, 6.45) is -2.09. The summed E-state index contributed by atoms with van der Waals surface area (Å²) in [7, 11) is 0. The van der Waals surface area contributed by atoms with Gasteiger partial charge in [-0.05, 0) is 48.5 Å². The third-order valence-electron chi connectivity index (χ3n) is 3.67. The highest BCUT2D eigenvalue weighted by atomic mass is 35.5. The molecule has 0 radical (unpaired) electrons. The maximum atomic E-state index is 14.7. The van der Waals surface area contributed by atoms with Gasteiger partial charge in [-0.1, -0.05) is 0 Å². The van der Waals surface area contributed by atoms with Gasteiger partial charge in [0.15, 0.2) is 0 Å². The summed E-state index contributed by atoms with van der Waals surface area (Å²) in [5.74, 6) is -2.63. The van der Waals surface area contributed by atoms with Crippen molar-refractivity contribution in [1.82, 2.24) is 0 Å². The largest absolute Gasteiger partial charge is 0.491 e. The average Bonchev–Trinajstić information content (AvgIpc) is 2.70. The predicted molar refractivity (Wildman–Crippen MR) is 95.6 cm³/mol. The van der Waals surface area contributed by atoms with Crippen LogP contribution in [0.5, 0.6) is 11.5 Å².